The summed E-state index contributed by atoms with van der Waals surface area (Å²) >= 11 is 9.51. The normalized spacial score (nSPS) is 12.6. The van der Waals surface area contributed by atoms with Crippen LogP contribution in [0.5, 0.6) is 0 Å². The third-order valence-electron chi connectivity index (χ3n) is 2.68. The van der Waals surface area contributed by atoms with E-state index in [9.17, 15) is 0 Å². The third kappa shape index (κ3) is 4.32. The van der Waals surface area contributed by atoms with Crippen LogP contribution in [-0.4, -0.2) is 18.8 Å². The number of likely N-dealkylation sites (N-methyl/N-ethyl adjacent to an activating group) is 1. The highest BCUT2D eigenvalue weighted by Gasteiger charge is 2.09. The summed E-state index contributed by atoms with van der Waals surface area (Å²) in [6, 6.07) is 15.1. The molecule has 1 N–H and O–H groups in total. The Morgan fingerprint density at radius 2 is 2.00 bits per heavy atom. The smallest absolute Gasteiger partial charge is 0.0931 e. The van der Waals surface area contributed by atoms with Gasteiger partial charge in [0.1, 0.15) is 0 Å². The Morgan fingerprint density at radius 1 is 1.22 bits per heavy atom. The van der Waals surface area contributed by atoms with Crippen LogP contribution in [0.15, 0.2) is 47.4 Å². The lowest BCUT2D eigenvalue weighted by molar-refractivity contribution is 0.622. The quantitative estimate of drug-likeness (QED) is 0.797. The highest BCUT2D eigenvalue weighted by atomic mass is 35.5. The summed E-state index contributed by atoms with van der Waals surface area (Å²) < 4.78 is 0.871. The molecular weight excluding hydrogens is 282 g/mol. The molecule has 1 aromatic heterocycles. The molecule has 96 valence electrons. The first-order valence-corrected chi connectivity index (χ1v) is 8.05. The maximum atomic E-state index is 5.95. The molecule has 0 radical (unpaired) electrons. The van der Waals surface area contributed by atoms with Crippen molar-refractivity contribution < 1.29 is 0 Å². The van der Waals surface area contributed by atoms with E-state index >= 15 is 0 Å². The van der Waals surface area contributed by atoms with Crippen molar-refractivity contribution in [2.24, 2.45) is 0 Å². The molecule has 2 aromatic rings. The monoisotopic (exact) mass is 297 g/mol. The van der Waals surface area contributed by atoms with E-state index in [1.165, 1.54) is 9.77 Å². The van der Waals surface area contributed by atoms with E-state index in [1.54, 1.807) is 11.3 Å². The summed E-state index contributed by atoms with van der Waals surface area (Å²) in [7, 11) is 2.02. The van der Waals surface area contributed by atoms with Crippen molar-refractivity contribution in [3.05, 3.63) is 51.7 Å². The molecule has 0 spiro atoms. The molecule has 1 unspecified atom stereocenters. The Balaban J connectivity index is 1.86. The zero-order valence-electron chi connectivity index (χ0n) is 10.2. The first kappa shape index (κ1) is 13.9. The molecule has 0 aliphatic rings. The fraction of sp³-hybridized carbons (Fsp3) is 0.286. The highest BCUT2D eigenvalue weighted by Crippen LogP contribution is 2.24. The molecule has 0 aliphatic heterocycles. The second-order valence-electron chi connectivity index (χ2n) is 4.02. The molecule has 2 rings (SSSR count). The number of thiophene rings is 1. The lowest BCUT2D eigenvalue weighted by Crippen LogP contribution is -2.29. The van der Waals surface area contributed by atoms with Gasteiger partial charge in [0.2, 0.25) is 0 Å². The summed E-state index contributed by atoms with van der Waals surface area (Å²) in [4.78, 5) is 2.66. The molecule has 1 aromatic carbocycles. The molecule has 0 saturated heterocycles. The van der Waals surface area contributed by atoms with Crippen LogP contribution >= 0.6 is 34.7 Å². The highest BCUT2D eigenvalue weighted by molar-refractivity contribution is 7.99. The molecule has 1 nitrogen and oxygen atoms in total. The van der Waals surface area contributed by atoms with Gasteiger partial charge in [-0.1, -0.05) is 29.8 Å². The zero-order chi connectivity index (χ0) is 12.8. The third-order valence-corrected chi connectivity index (χ3v) is 5.11. The Kier molecular flexibility index (Phi) is 5.57. The lowest BCUT2D eigenvalue weighted by Gasteiger charge is -2.14. The van der Waals surface area contributed by atoms with Gasteiger partial charge in [-0.05, 0) is 37.7 Å². The first-order chi connectivity index (χ1) is 8.78. The number of hydrogen-bond acceptors (Lipinski definition) is 3. The van der Waals surface area contributed by atoms with Gasteiger partial charge in [-0.2, -0.15) is 0 Å². The Bertz CT molecular complexity index is 470. The van der Waals surface area contributed by atoms with Gasteiger partial charge in [0.15, 0.2) is 0 Å². The van der Waals surface area contributed by atoms with Crippen LogP contribution in [0.4, 0.5) is 0 Å². The van der Waals surface area contributed by atoms with Gasteiger partial charge in [-0.25, -0.2) is 0 Å². The van der Waals surface area contributed by atoms with E-state index in [0.717, 1.165) is 16.5 Å². The van der Waals surface area contributed by atoms with Gasteiger partial charge in [-0.3, -0.25) is 0 Å². The summed E-state index contributed by atoms with van der Waals surface area (Å²) in [5.74, 6) is 1.07. The average Bonchev–Trinajstić information content (AvgIpc) is 2.81. The van der Waals surface area contributed by atoms with E-state index in [-0.39, 0.29) is 0 Å². The number of nitrogens with one attached hydrogen (secondary N) is 1. The van der Waals surface area contributed by atoms with Gasteiger partial charge >= 0.3 is 0 Å². The van der Waals surface area contributed by atoms with Crippen LogP contribution in [0.25, 0.3) is 0 Å². The fourth-order valence-electron chi connectivity index (χ4n) is 1.66. The van der Waals surface area contributed by atoms with Gasteiger partial charge in [0.05, 0.1) is 4.34 Å². The molecule has 4 heteroatoms. The molecule has 1 atom stereocenters. The molecule has 0 bridgehead atoms. The molecular formula is C14H16ClNS2. The lowest BCUT2D eigenvalue weighted by atomic mass is 10.2. The predicted octanol–water partition coefficient (Wildman–Crippen LogP) is 4.32. The van der Waals surface area contributed by atoms with Crippen LogP contribution in [0, 0.1) is 0 Å². The molecule has 0 amide bonds. The number of halogens is 1. The van der Waals surface area contributed by atoms with Gasteiger partial charge in [0.25, 0.3) is 0 Å². The molecule has 18 heavy (non-hydrogen) atoms. The van der Waals surface area contributed by atoms with Crippen LogP contribution in [0.3, 0.4) is 0 Å². The van der Waals surface area contributed by atoms with Crippen LogP contribution < -0.4 is 5.32 Å². The minimum Gasteiger partial charge on any atom is -0.316 e. The summed E-state index contributed by atoms with van der Waals surface area (Å²) in [5, 5.41) is 3.37. The predicted molar refractivity (Wildman–Crippen MR) is 83.0 cm³/mol. The standard InChI is InChI=1S/C14H16ClNS2/c1-16-11(9-13-7-8-14(15)18-13)10-17-12-5-3-2-4-6-12/h2-8,11,16H,9-10H2,1H3. The first-order valence-electron chi connectivity index (χ1n) is 5.87. The van der Waals surface area contributed by atoms with E-state index in [2.05, 4.69) is 35.6 Å². The largest absolute Gasteiger partial charge is 0.316 e. The van der Waals surface area contributed by atoms with Crippen LogP contribution in [0.1, 0.15) is 4.88 Å². The minimum absolute atomic E-state index is 0.477. The van der Waals surface area contributed by atoms with Crippen molar-refractivity contribution in [1.82, 2.24) is 5.32 Å². The summed E-state index contributed by atoms with van der Waals surface area (Å²) in [6.07, 6.45) is 1.04. The van der Waals surface area contributed by atoms with Gasteiger partial charge < -0.3 is 5.32 Å². The van der Waals surface area contributed by atoms with Crippen molar-refractivity contribution in [3.63, 3.8) is 0 Å². The molecule has 0 fully saturated rings. The van der Waals surface area contributed by atoms with Gasteiger partial charge in [-0.15, -0.1) is 23.1 Å². The van der Waals surface area contributed by atoms with E-state index in [1.807, 2.05) is 30.9 Å². The van der Waals surface area contributed by atoms with E-state index < -0.39 is 0 Å². The number of hydrogen-bond donors (Lipinski definition) is 1. The van der Waals surface area contributed by atoms with Crippen molar-refractivity contribution in [3.8, 4) is 0 Å². The fourth-order valence-corrected chi connectivity index (χ4v) is 3.86. The van der Waals surface area contributed by atoms with Gasteiger partial charge in [0, 0.05) is 21.6 Å². The number of benzene rings is 1. The Labute approximate surface area is 122 Å². The summed E-state index contributed by atoms with van der Waals surface area (Å²) in [5.41, 5.74) is 0. The Morgan fingerprint density at radius 3 is 2.61 bits per heavy atom. The Hall–Kier alpha value is -0.480. The SMILES string of the molecule is CNC(CSc1ccccc1)Cc1ccc(Cl)s1. The van der Waals surface area contributed by atoms with Crippen LogP contribution in [0.2, 0.25) is 4.34 Å². The van der Waals surface area contributed by atoms with Crippen molar-refractivity contribution in [2.45, 2.75) is 17.4 Å². The van der Waals surface area contributed by atoms with Crippen molar-refractivity contribution in [2.75, 3.05) is 12.8 Å². The maximum absolute atomic E-state index is 5.95. The van der Waals surface area contributed by atoms with Crippen molar-refractivity contribution >= 4 is 34.7 Å². The molecule has 0 aliphatic carbocycles. The van der Waals surface area contributed by atoms with E-state index in [4.69, 9.17) is 11.6 Å². The minimum atomic E-state index is 0.477. The molecule has 0 saturated carbocycles. The number of thioether (sulfide) groups is 1. The summed E-state index contributed by atoms with van der Waals surface area (Å²) in [6.45, 7) is 0. The van der Waals surface area contributed by atoms with Crippen LogP contribution in [-0.2, 0) is 6.42 Å². The van der Waals surface area contributed by atoms with Crippen molar-refractivity contribution in [1.29, 1.82) is 0 Å². The second-order valence-corrected chi connectivity index (χ2v) is 6.91. The number of rotatable bonds is 6. The maximum Gasteiger partial charge on any atom is 0.0931 e. The average molecular weight is 298 g/mol. The second kappa shape index (κ2) is 7.19. The zero-order valence-corrected chi connectivity index (χ0v) is 12.6. The molecule has 1 heterocycles. The van der Waals surface area contributed by atoms with E-state index in [0.29, 0.717) is 6.04 Å². The topological polar surface area (TPSA) is 12.0 Å².